The van der Waals surface area contributed by atoms with Crippen molar-refractivity contribution < 1.29 is 9.59 Å². The van der Waals surface area contributed by atoms with Crippen LogP contribution in [0.25, 0.3) is 0 Å². The number of hydrogen-bond donors (Lipinski definition) is 2. The molecule has 0 aliphatic rings. The molecule has 0 saturated heterocycles. The smallest absolute Gasteiger partial charge is 0.257 e. The molecule has 0 radical (unpaired) electrons. The molecule has 27 heavy (non-hydrogen) atoms. The highest BCUT2D eigenvalue weighted by Crippen LogP contribution is 2.14. The van der Waals surface area contributed by atoms with Crippen molar-refractivity contribution in [3.8, 4) is 0 Å². The van der Waals surface area contributed by atoms with Crippen molar-refractivity contribution in [2.45, 2.75) is 19.8 Å². The summed E-state index contributed by atoms with van der Waals surface area (Å²) in [5.41, 5.74) is 3.54. The quantitative estimate of drug-likeness (QED) is 0.490. The van der Waals surface area contributed by atoms with E-state index < -0.39 is 0 Å². The van der Waals surface area contributed by atoms with E-state index in [9.17, 15) is 9.59 Å². The molecule has 0 bridgehead atoms. The molecule has 142 valence electrons. The Bertz CT molecular complexity index is 851. The zero-order chi connectivity index (χ0) is 20.0. The van der Waals surface area contributed by atoms with Crippen LogP contribution in [0.3, 0.4) is 0 Å². The Kier molecular flexibility index (Phi) is 7.73. The monoisotopic (exact) mass is 495 g/mol. The van der Waals surface area contributed by atoms with E-state index in [1.165, 1.54) is 0 Å². The Hall–Kier alpha value is -2.00. The minimum atomic E-state index is -0.246. The molecule has 2 amide bonds. The van der Waals surface area contributed by atoms with Crippen molar-refractivity contribution in [1.29, 1.82) is 0 Å². The molecule has 0 aliphatic heterocycles. The number of nitrogens with zero attached hydrogens (tertiary/aromatic N) is 1. The normalized spacial score (nSPS) is 10.2. The lowest BCUT2D eigenvalue weighted by atomic mass is 10.1. The fourth-order valence-corrected chi connectivity index (χ4v) is 3.03. The van der Waals surface area contributed by atoms with Crippen LogP contribution in [0.4, 0.5) is 5.69 Å². The number of anilines is 1. The van der Waals surface area contributed by atoms with Crippen molar-refractivity contribution in [2.75, 3.05) is 19.4 Å². The van der Waals surface area contributed by atoms with Crippen LogP contribution in [-0.4, -0.2) is 35.9 Å². The first kappa shape index (κ1) is 21.3. The Balaban J connectivity index is 1.89. The summed E-state index contributed by atoms with van der Waals surface area (Å²) < 4.78 is 1.03. The van der Waals surface area contributed by atoms with Crippen molar-refractivity contribution in [3.05, 3.63) is 62.7 Å². The number of aryl methyl sites for hydroxylation is 2. The maximum Gasteiger partial charge on any atom is 0.257 e. The summed E-state index contributed by atoms with van der Waals surface area (Å²) in [5.74, 6) is -0.143. The van der Waals surface area contributed by atoms with Gasteiger partial charge in [0.05, 0.1) is 0 Å². The van der Waals surface area contributed by atoms with Crippen molar-refractivity contribution in [3.63, 3.8) is 0 Å². The fourth-order valence-electron chi connectivity index (χ4n) is 2.30. The summed E-state index contributed by atoms with van der Waals surface area (Å²) in [6.07, 6.45) is 1.16. The lowest BCUT2D eigenvalue weighted by Gasteiger charge is -2.12. The second-order valence-electron chi connectivity index (χ2n) is 6.36. The summed E-state index contributed by atoms with van der Waals surface area (Å²) in [5, 5.41) is 5.93. The number of halogens is 1. The molecule has 0 heterocycles. The largest absolute Gasteiger partial charge is 0.349 e. The van der Waals surface area contributed by atoms with Crippen LogP contribution in [0.15, 0.2) is 42.5 Å². The maximum absolute atomic E-state index is 12.3. The Morgan fingerprint density at radius 3 is 2.37 bits per heavy atom. The number of amides is 2. The van der Waals surface area contributed by atoms with Gasteiger partial charge in [-0.15, -0.1) is 0 Å². The van der Waals surface area contributed by atoms with Crippen molar-refractivity contribution in [2.24, 2.45) is 0 Å². The predicted octanol–water partition coefficient (Wildman–Crippen LogP) is 3.75. The lowest BCUT2D eigenvalue weighted by Crippen LogP contribution is -2.34. The van der Waals surface area contributed by atoms with Crippen LogP contribution >= 0.6 is 34.8 Å². The van der Waals surface area contributed by atoms with E-state index in [-0.39, 0.29) is 16.9 Å². The van der Waals surface area contributed by atoms with Gasteiger partial charge in [-0.2, -0.15) is 0 Å². The summed E-state index contributed by atoms with van der Waals surface area (Å²) in [6, 6.07) is 13.2. The third-order valence-corrected chi connectivity index (χ3v) is 5.37. The molecular formula is C20H22IN3O2S. The second-order valence-corrected chi connectivity index (χ2v) is 7.93. The van der Waals surface area contributed by atoms with Crippen LogP contribution < -0.4 is 10.6 Å². The van der Waals surface area contributed by atoms with E-state index in [0.29, 0.717) is 18.4 Å². The number of thiocarbonyl (C=S) groups is 1. The summed E-state index contributed by atoms with van der Waals surface area (Å²) >= 11 is 7.42. The minimum Gasteiger partial charge on any atom is -0.349 e. The van der Waals surface area contributed by atoms with Crippen molar-refractivity contribution >= 4 is 57.4 Å². The molecule has 0 fully saturated rings. The number of benzene rings is 2. The van der Waals surface area contributed by atoms with E-state index in [1.54, 1.807) is 25.1 Å². The molecule has 0 spiro atoms. The Morgan fingerprint density at radius 2 is 1.78 bits per heavy atom. The lowest BCUT2D eigenvalue weighted by molar-refractivity contribution is -0.128. The highest BCUT2D eigenvalue weighted by Gasteiger charge is 2.10. The highest BCUT2D eigenvalue weighted by atomic mass is 127. The first-order chi connectivity index (χ1) is 12.8. The van der Waals surface area contributed by atoms with Gasteiger partial charge in [0.1, 0.15) is 0 Å². The Morgan fingerprint density at radius 1 is 1.11 bits per heavy atom. The molecule has 2 aromatic carbocycles. The van der Waals surface area contributed by atoms with E-state index in [1.807, 2.05) is 43.3 Å². The number of rotatable bonds is 5. The first-order valence-electron chi connectivity index (χ1n) is 8.44. The average Bonchev–Trinajstić information content (AvgIpc) is 2.62. The van der Waals surface area contributed by atoms with Gasteiger partial charge in [-0.3, -0.25) is 14.9 Å². The number of carbonyl (C=O) groups is 2. The van der Waals surface area contributed by atoms with Gasteiger partial charge in [0.25, 0.3) is 5.91 Å². The molecule has 2 aromatic rings. The van der Waals surface area contributed by atoms with Crippen LogP contribution in [0.5, 0.6) is 0 Å². The highest BCUT2D eigenvalue weighted by molar-refractivity contribution is 14.1. The van der Waals surface area contributed by atoms with E-state index in [4.69, 9.17) is 12.2 Å². The van der Waals surface area contributed by atoms with Gasteiger partial charge in [0.2, 0.25) is 5.91 Å². The van der Waals surface area contributed by atoms with Gasteiger partial charge in [-0.25, -0.2) is 0 Å². The molecule has 0 saturated carbocycles. The SMILES string of the molecule is Cc1ccc(C(=O)NC(=S)Nc2ccc(CCC(=O)N(C)C)cc2)cc1I. The van der Waals surface area contributed by atoms with Gasteiger partial charge in [0.15, 0.2) is 5.11 Å². The number of carbonyl (C=O) groups excluding carboxylic acids is 2. The minimum absolute atomic E-state index is 0.104. The zero-order valence-corrected chi connectivity index (χ0v) is 18.5. The molecule has 2 rings (SSSR count). The molecule has 2 N–H and O–H groups in total. The average molecular weight is 495 g/mol. The molecular weight excluding hydrogens is 473 g/mol. The molecule has 0 atom stereocenters. The molecule has 0 aliphatic carbocycles. The van der Waals surface area contributed by atoms with Crippen LogP contribution in [0, 0.1) is 10.5 Å². The third-order valence-electron chi connectivity index (χ3n) is 4.00. The summed E-state index contributed by atoms with van der Waals surface area (Å²) in [4.78, 5) is 25.5. The van der Waals surface area contributed by atoms with Crippen LogP contribution in [0.2, 0.25) is 0 Å². The van der Waals surface area contributed by atoms with Crippen molar-refractivity contribution in [1.82, 2.24) is 10.2 Å². The van der Waals surface area contributed by atoms with E-state index in [2.05, 4.69) is 33.2 Å². The number of nitrogens with one attached hydrogen (secondary N) is 2. The maximum atomic E-state index is 12.3. The molecule has 7 heteroatoms. The predicted molar refractivity (Wildman–Crippen MR) is 121 cm³/mol. The van der Waals surface area contributed by atoms with Crippen LogP contribution in [-0.2, 0) is 11.2 Å². The molecule has 0 aromatic heterocycles. The Labute approximate surface area is 178 Å². The summed E-state index contributed by atoms with van der Waals surface area (Å²) in [6.45, 7) is 2.00. The summed E-state index contributed by atoms with van der Waals surface area (Å²) in [7, 11) is 3.50. The van der Waals surface area contributed by atoms with Gasteiger partial charge in [0, 0.05) is 35.3 Å². The number of hydrogen-bond acceptors (Lipinski definition) is 3. The standard InChI is InChI=1S/C20H22IN3O2S/c1-13-4-8-15(12-17(13)21)19(26)23-20(27)22-16-9-5-14(6-10-16)7-11-18(25)24(2)3/h4-6,8-10,12H,7,11H2,1-3H3,(H2,22,23,26,27). The molecule has 0 unspecified atom stereocenters. The van der Waals surface area contributed by atoms with E-state index >= 15 is 0 Å². The third kappa shape index (κ3) is 6.59. The second kappa shape index (κ2) is 9.80. The van der Waals surface area contributed by atoms with Gasteiger partial charge >= 0.3 is 0 Å². The topological polar surface area (TPSA) is 61.4 Å². The van der Waals surface area contributed by atoms with Gasteiger partial charge in [-0.05, 0) is 83.5 Å². The molecule has 5 nitrogen and oxygen atoms in total. The fraction of sp³-hybridized carbons (Fsp3) is 0.250. The first-order valence-corrected chi connectivity index (χ1v) is 9.92. The van der Waals surface area contributed by atoms with E-state index in [0.717, 1.165) is 20.4 Å². The zero-order valence-electron chi connectivity index (χ0n) is 15.5. The van der Waals surface area contributed by atoms with Crippen LogP contribution in [0.1, 0.15) is 27.9 Å². The van der Waals surface area contributed by atoms with Gasteiger partial charge in [-0.1, -0.05) is 18.2 Å². The van der Waals surface area contributed by atoms with Gasteiger partial charge < -0.3 is 10.2 Å².